The van der Waals surface area contributed by atoms with Gasteiger partial charge >= 0.3 is 8.25 Å². The highest BCUT2D eigenvalue weighted by molar-refractivity contribution is 7.31. The van der Waals surface area contributed by atoms with Crippen LogP contribution in [0.1, 0.15) is 60.8 Å². The average molecular weight is 308 g/mol. The number of hydrogen-bond acceptors (Lipinski definition) is 4. The van der Waals surface area contributed by atoms with Gasteiger partial charge in [0.1, 0.15) is 5.78 Å². The smallest absolute Gasteiger partial charge is 0.325 e. The molecule has 20 heavy (non-hydrogen) atoms. The predicted molar refractivity (Wildman–Crippen MR) is 79.5 cm³/mol. The Labute approximate surface area is 122 Å². The van der Waals surface area contributed by atoms with Crippen molar-refractivity contribution in [1.29, 1.82) is 0 Å². The molecule has 6 heteroatoms. The van der Waals surface area contributed by atoms with Gasteiger partial charge in [-0.15, -0.1) is 0 Å². The maximum Gasteiger partial charge on any atom is 0.344 e. The molecular weight excluding hydrogens is 279 g/mol. The molecule has 2 atom stereocenters. The summed E-state index contributed by atoms with van der Waals surface area (Å²) < 4.78 is 14.4. The van der Waals surface area contributed by atoms with Crippen molar-refractivity contribution in [2.45, 2.75) is 60.8 Å². The fourth-order valence-corrected chi connectivity index (χ4v) is 2.58. The van der Waals surface area contributed by atoms with Gasteiger partial charge in [0.25, 0.3) is 0 Å². The average Bonchev–Trinajstić information content (AvgIpc) is 2.25. The van der Waals surface area contributed by atoms with Crippen molar-refractivity contribution in [1.82, 2.24) is 0 Å². The van der Waals surface area contributed by atoms with Crippen molar-refractivity contribution < 1.29 is 23.8 Å². The van der Waals surface area contributed by atoms with Gasteiger partial charge < -0.3 is 4.89 Å². The van der Waals surface area contributed by atoms with Crippen LogP contribution in [0.5, 0.6) is 0 Å². The third kappa shape index (κ3) is 7.53. The van der Waals surface area contributed by atoms with E-state index >= 15 is 0 Å². The lowest BCUT2D eigenvalue weighted by Crippen LogP contribution is -2.37. The van der Waals surface area contributed by atoms with Crippen LogP contribution >= 0.6 is 8.25 Å². The maximum atomic E-state index is 12.5. The minimum atomic E-state index is -3.06. The fraction of sp³-hybridized carbons (Fsp3) is 0.929. The first-order valence-corrected chi connectivity index (χ1v) is 8.31. The zero-order valence-electron chi connectivity index (χ0n) is 13.5. The summed E-state index contributed by atoms with van der Waals surface area (Å²) in [5.74, 6) is 0.475. The van der Waals surface area contributed by atoms with Crippen molar-refractivity contribution >= 4 is 14.0 Å². The highest BCUT2D eigenvalue weighted by Gasteiger charge is 2.38. The van der Waals surface area contributed by atoms with Gasteiger partial charge in [-0.25, -0.2) is 4.89 Å². The van der Waals surface area contributed by atoms with Crippen molar-refractivity contribution in [3.8, 4) is 0 Å². The Morgan fingerprint density at radius 3 is 2.20 bits per heavy atom. The van der Waals surface area contributed by atoms with Crippen molar-refractivity contribution in [2.24, 2.45) is 16.7 Å². The molecule has 0 aliphatic carbocycles. The van der Waals surface area contributed by atoms with Crippen molar-refractivity contribution in [3.05, 3.63) is 0 Å². The van der Waals surface area contributed by atoms with Gasteiger partial charge in [0.15, 0.2) is 0 Å². The number of ketones is 1. The topological polar surface area (TPSA) is 72.8 Å². The molecule has 2 unspecified atom stereocenters. The quantitative estimate of drug-likeness (QED) is 0.304. The van der Waals surface area contributed by atoms with Crippen LogP contribution in [0.4, 0.5) is 0 Å². The van der Waals surface area contributed by atoms with E-state index in [4.69, 9.17) is 4.89 Å². The van der Waals surface area contributed by atoms with E-state index in [2.05, 4.69) is 44.2 Å². The Morgan fingerprint density at radius 1 is 1.25 bits per heavy atom. The second-order valence-corrected chi connectivity index (χ2v) is 7.71. The predicted octanol–water partition coefficient (Wildman–Crippen LogP) is 3.76. The first-order valence-electron chi connectivity index (χ1n) is 7.05. The van der Waals surface area contributed by atoms with E-state index in [1.54, 1.807) is 0 Å². The van der Waals surface area contributed by atoms with Gasteiger partial charge in [0.05, 0.1) is 6.61 Å². The van der Waals surface area contributed by atoms with E-state index in [-0.39, 0.29) is 29.1 Å². The normalized spacial score (nSPS) is 17.0. The molecule has 0 radical (unpaired) electrons. The number of carbonyl (C=O) groups is 1. The molecule has 0 heterocycles. The Kier molecular flexibility index (Phi) is 8.19. The van der Waals surface area contributed by atoms with Crippen LogP contribution in [0.15, 0.2) is 0 Å². The summed E-state index contributed by atoms with van der Waals surface area (Å²) in [6.07, 6.45) is 1.71. The van der Waals surface area contributed by atoms with Crippen molar-refractivity contribution in [3.63, 3.8) is 0 Å². The summed E-state index contributed by atoms with van der Waals surface area (Å²) in [7, 11) is -3.06. The molecule has 0 aromatic heterocycles. The molecule has 0 saturated carbocycles. The number of rotatable bonds is 9. The molecule has 1 N–H and O–H groups in total. The van der Waals surface area contributed by atoms with Gasteiger partial charge in [-0.2, -0.15) is 4.67 Å². The standard InChI is InChI=1S/C14H29O5P/c1-11(2)14(6,10-13(3,4)5)12(15)8-7-9-18-19-20(16)17/h11,20H,7-10H2,1-6H3,(H,16,17). The zero-order valence-corrected chi connectivity index (χ0v) is 14.5. The van der Waals surface area contributed by atoms with E-state index in [0.29, 0.717) is 12.8 Å². The van der Waals surface area contributed by atoms with Gasteiger partial charge in [-0.1, -0.05) is 41.5 Å². The molecule has 0 aliphatic rings. The molecular formula is C14H29O5P. The lowest BCUT2D eigenvalue weighted by molar-refractivity contribution is -0.208. The molecule has 0 saturated heterocycles. The molecule has 5 nitrogen and oxygen atoms in total. The van der Waals surface area contributed by atoms with Crippen LogP contribution in [0.3, 0.4) is 0 Å². The van der Waals surface area contributed by atoms with E-state index in [0.717, 1.165) is 6.42 Å². The van der Waals surface area contributed by atoms with Crippen LogP contribution in [-0.2, 0) is 18.9 Å². The summed E-state index contributed by atoms with van der Waals surface area (Å²) in [4.78, 5) is 25.5. The summed E-state index contributed by atoms with van der Waals surface area (Å²) >= 11 is 0. The largest absolute Gasteiger partial charge is 0.344 e. The third-order valence-electron chi connectivity index (χ3n) is 3.57. The van der Waals surface area contributed by atoms with Crippen LogP contribution in [0.25, 0.3) is 0 Å². The molecule has 0 amide bonds. The lowest BCUT2D eigenvalue weighted by atomic mass is 9.65. The van der Waals surface area contributed by atoms with Gasteiger partial charge in [-0.05, 0) is 24.2 Å². The molecule has 120 valence electrons. The fourth-order valence-electron chi connectivity index (χ4n) is 2.40. The van der Waals surface area contributed by atoms with E-state index in [1.165, 1.54) is 0 Å². The van der Waals surface area contributed by atoms with Gasteiger partial charge in [0, 0.05) is 11.8 Å². The minimum absolute atomic E-state index is 0.0884. The van der Waals surface area contributed by atoms with Crippen LogP contribution < -0.4 is 0 Å². The van der Waals surface area contributed by atoms with Crippen LogP contribution in [0.2, 0.25) is 0 Å². The Balaban J connectivity index is 4.41. The Bertz CT molecular complexity index is 335. The van der Waals surface area contributed by atoms with Gasteiger partial charge in [0.2, 0.25) is 0 Å². The molecule has 0 bridgehead atoms. The Morgan fingerprint density at radius 2 is 1.80 bits per heavy atom. The number of hydrogen-bond donors (Lipinski definition) is 1. The molecule has 0 aliphatic heterocycles. The molecule has 0 spiro atoms. The second-order valence-electron chi connectivity index (χ2n) is 7.01. The third-order valence-corrected chi connectivity index (χ3v) is 3.83. The Hall–Kier alpha value is -0.220. The summed E-state index contributed by atoms with van der Waals surface area (Å²) in [5, 5.41) is 0. The highest BCUT2D eigenvalue weighted by Crippen LogP contribution is 2.41. The van der Waals surface area contributed by atoms with E-state index in [1.807, 2.05) is 6.92 Å². The molecule has 0 fully saturated rings. The van der Waals surface area contributed by atoms with E-state index < -0.39 is 8.25 Å². The summed E-state index contributed by atoms with van der Waals surface area (Å²) in [6.45, 7) is 12.7. The summed E-state index contributed by atoms with van der Waals surface area (Å²) in [5.41, 5.74) is -0.269. The molecule has 0 aromatic carbocycles. The molecule has 0 rings (SSSR count). The lowest BCUT2D eigenvalue weighted by Gasteiger charge is -2.38. The number of carbonyl (C=O) groups excluding carboxylic acids is 1. The first kappa shape index (κ1) is 19.8. The van der Waals surface area contributed by atoms with Crippen molar-refractivity contribution in [2.75, 3.05) is 6.61 Å². The number of Topliss-reactive ketones (excluding diaryl/α,β-unsaturated/α-hetero) is 1. The minimum Gasteiger partial charge on any atom is -0.325 e. The van der Waals surface area contributed by atoms with Crippen LogP contribution in [-0.4, -0.2) is 17.3 Å². The zero-order chi connectivity index (χ0) is 16.0. The SMILES string of the molecule is CC(C)C(C)(CC(C)(C)C)C(=O)CCCOO[PH](=O)O. The monoisotopic (exact) mass is 308 g/mol. The molecule has 0 aromatic rings. The maximum absolute atomic E-state index is 12.5. The first-order chi connectivity index (χ1) is 8.99. The second kappa shape index (κ2) is 8.28. The summed E-state index contributed by atoms with van der Waals surface area (Å²) in [6, 6.07) is 0. The van der Waals surface area contributed by atoms with Crippen LogP contribution in [0, 0.1) is 16.7 Å². The van der Waals surface area contributed by atoms with E-state index in [9.17, 15) is 9.36 Å². The van der Waals surface area contributed by atoms with Gasteiger partial charge in [-0.3, -0.25) is 9.36 Å². The highest BCUT2D eigenvalue weighted by atomic mass is 31.1.